The van der Waals surface area contributed by atoms with Crippen LogP contribution in [0.15, 0.2) is 71.2 Å². The van der Waals surface area contributed by atoms with Gasteiger partial charge in [-0.05, 0) is 59.8 Å². The quantitative estimate of drug-likeness (QED) is 0.184. The average molecular weight is 506 g/mol. The van der Waals surface area contributed by atoms with E-state index in [4.69, 9.17) is 10.1 Å². The van der Waals surface area contributed by atoms with Crippen LogP contribution in [0.5, 0.6) is 11.5 Å². The number of nitriles is 1. The van der Waals surface area contributed by atoms with Crippen molar-refractivity contribution in [3.63, 3.8) is 0 Å². The molecule has 2 aromatic heterocycles. The van der Waals surface area contributed by atoms with Gasteiger partial charge < -0.3 is 20.8 Å². The minimum absolute atomic E-state index is 0.0584. The topological polar surface area (TPSA) is 119 Å². The van der Waals surface area contributed by atoms with E-state index in [1.165, 1.54) is 30.3 Å². The fraction of sp³-hybridized carbons (Fsp3) is 0.0833. The Morgan fingerprint density at radius 2 is 2.14 bits per heavy atom. The van der Waals surface area contributed by atoms with Gasteiger partial charge in [-0.1, -0.05) is 11.8 Å². The van der Waals surface area contributed by atoms with Crippen LogP contribution in [0.25, 0.3) is 17.0 Å². The van der Waals surface area contributed by atoms with E-state index >= 15 is 0 Å². The van der Waals surface area contributed by atoms with Gasteiger partial charge in [-0.25, -0.2) is 14.7 Å². The predicted octanol–water partition coefficient (Wildman–Crippen LogP) is 4.84. The molecule has 1 aliphatic heterocycles. The summed E-state index contributed by atoms with van der Waals surface area (Å²) in [7, 11) is 1.70. The Morgan fingerprint density at radius 3 is 2.86 bits per heavy atom. The van der Waals surface area contributed by atoms with Gasteiger partial charge in [0.25, 0.3) is 0 Å². The van der Waals surface area contributed by atoms with Crippen LogP contribution < -0.4 is 20.1 Å². The number of ether oxygens (including phenoxy) is 1. The number of allylic oxidation sites excluding steroid dienone is 1. The van der Waals surface area contributed by atoms with Crippen LogP contribution in [-0.4, -0.2) is 28.7 Å². The predicted molar refractivity (Wildman–Crippen MR) is 137 cm³/mol. The van der Waals surface area contributed by atoms with Gasteiger partial charge in [-0.15, -0.1) is 0 Å². The molecule has 176 valence electrons. The van der Waals surface area contributed by atoms with Crippen molar-refractivity contribution < 1.29 is 9.13 Å². The number of rotatable bonds is 9. The van der Waals surface area contributed by atoms with Gasteiger partial charge in [0.05, 0.1) is 17.0 Å². The molecule has 8 nitrogen and oxygen atoms in total. The van der Waals surface area contributed by atoms with Crippen LogP contribution in [-0.2, 0) is 0 Å². The molecule has 0 radical (unpaired) electrons. The molecule has 3 heterocycles. The fourth-order valence-electron chi connectivity index (χ4n) is 3.14. The molecule has 1 aliphatic rings. The molecular weight excluding hydrogens is 485 g/mol. The van der Waals surface area contributed by atoms with E-state index in [0.29, 0.717) is 39.7 Å². The number of hydrogen-bond donors (Lipinski definition) is 4. The number of nitrogens with zero attached hydrogens (tertiary/aromatic N) is 3. The van der Waals surface area contributed by atoms with Gasteiger partial charge in [0, 0.05) is 42.2 Å². The van der Waals surface area contributed by atoms with E-state index in [9.17, 15) is 9.65 Å². The highest BCUT2D eigenvalue weighted by Gasteiger charge is 2.16. The highest BCUT2D eigenvalue weighted by molar-refractivity contribution is 8.04. The number of benzene rings is 1. The zero-order valence-electron chi connectivity index (χ0n) is 18.4. The third-order valence-electron chi connectivity index (χ3n) is 4.76. The number of nitrogens with one attached hydrogen (secondary N) is 4. The van der Waals surface area contributed by atoms with Crippen LogP contribution in [0, 0.1) is 22.7 Å². The van der Waals surface area contributed by atoms with E-state index in [0.717, 1.165) is 11.1 Å². The second-order valence-electron chi connectivity index (χ2n) is 6.98. The number of halogens is 1. The molecule has 0 saturated heterocycles. The molecule has 1 unspecified atom stereocenters. The van der Waals surface area contributed by atoms with Crippen molar-refractivity contribution in [2.45, 2.75) is 10.4 Å². The lowest BCUT2D eigenvalue weighted by Crippen LogP contribution is -2.28. The molecule has 1 atom stereocenters. The number of hydrogen-bond acceptors (Lipinski definition) is 10. The summed E-state index contributed by atoms with van der Waals surface area (Å²) >= 11 is 3.02. The molecule has 4 rings (SSSR count). The zero-order valence-corrected chi connectivity index (χ0v) is 20.1. The van der Waals surface area contributed by atoms with Crippen LogP contribution in [0.4, 0.5) is 4.39 Å². The first-order chi connectivity index (χ1) is 17.1. The normalized spacial score (nSPS) is 14.8. The van der Waals surface area contributed by atoms with Crippen molar-refractivity contribution in [1.82, 2.24) is 25.3 Å². The van der Waals surface area contributed by atoms with Crippen molar-refractivity contribution in [3.8, 4) is 28.8 Å². The van der Waals surface area contributed by atoms with E-state index in [1.54, 1.807) is 49.1 Å². The van der Waals surface area contributed by atoms with Gasteiger partial charge in [0.15, 0.2) is 5.75 Å². The average Bonchev–Trinajstić information content (AvgIpc) is 3.41. The SMILES string of the molecule is CN/C(=C\C=N)c1nc(-c2ccnc(F)c2)ccc1Oc1ccc(SNC2NC=CS2)cc1C#N. The number of thioether (sulfide) groups is 1. The monoisotopic (exact) mass is 505 g/mol. The first kappa shape index (κ1) is 24.3. The maximum atomic E-state index is 13.7. The molecule has 1 aromatic carbocycles. The van der Waals surface area contributed by atoms with Crippen LogP contribution in [0.1, 0.15) is 11.3 Å². The highest BCUT2D eigenvalue weighted by Crippen LogP contribution is 2.34. The Kier molecular flexibility index (Phi) is 7.99. The summed E-state index contributed by atoms with van der Waals surface area (Å²) < 4.78 is 23.1. The van der Waals surface area contributed by atoms with Crippen LogP contribution in [0.3, 0.4) is 0 Å². The Hall–Kier alpha value is -3.85. The summed E-state index contributed by atoms with van der Waals surface area (Å²) in [5.74, 6) is 0.126. The third-order valence-corrected chi connectivity index (χ3v) is 6.57. The highest BCUT2D eigenvalue weighted by atomic mass is 32.2. The molecule has 0 spiro atoms. The molecule has 35 heavy (non-hydrogen) atoms. The molecule has 3 aromatic rings. The lowest BCUT2D eigenvalue weighted by molar-refractivity contribution is 0.476. The van der Waals surface area contributed by atoms with Crippen molar-refractivity contribution >= 4 is 35.6 Å². The van der Waals surface area contributed by atoms with E-state index in [1.807, 2.05) is 17.7 Å². The van der Waals surface area contributed by atoms with Gasteiger partial charge in [0.1, 0.15) is 23.0 Å². The Morgan fingerprint density at radius 1 is 1.29 bits per heavy atom. The van der Waals surface area contributed by atoms with Crippen molar-refractivity contribution in [2.24, 2.45) is 0 Å². The molecule has 0 aliphatic carbocycles. The fourth-order valence-corrected chi connectivity index (χ4v) is 4.60. The first-order valence-corrected chi connectivity index (χ1v) is 12.1. The van der Waals surface area contributed by atoms with E-state index < -0.39 is 5.95 Å². The maximum Gasteiger partial charge on any atom is 0.213 e. The lowest BCUT2D eigenvalue weighted by atomic mass is 10.1. The number of pyridine rings is 2. The van der Waals surface area contributed by atoms with Gasteiger partial charge in [-0.2, -0.15) is 9.65 Å². The Labute approximate surface area is 210 Å². The second kappa shape index (κ2) is 11.5. The minimum Gasteiger partial charge on any atom is -0.454 e. The minimum atomic E-state index is -0.611. The number of aromatic nitrogens is 2. The smallest absolute Gasteiger partial charge is 0.213 e. The van der Waals surface area contributed by atoms with E-state index in [2.05, 4.69) is 31.4 Å². The van der Waals surface area contributed by atoms with Gasteiger partial charge >= 0.3 is 0 Å². The molecule has 0 saturated carbocycles. The zero-order chi connectivity index (χ0) is 24.6. The summed E-state index contributed by atoms with van der Waals surface area (Å²) in [6, 6.07) is 13.9. The summed E-state index contributed by atoms with van der Waals surface area (Å²) in [6.07, 6.45) is 5.90. The van der Waals surface area contributed by atoms with Crippen molar-refractivity contribution in [2.75, 3.05) is 7.05 Å². The summed E-state index contributed by atoms with van der Waals surface area (Å²) in [5.41, 5.74) is 2.40. The first-order valence-electron chi connectivity index (χ1n) is 10.3. The van der Waals surface area contributed by atoms with Crippen molar-refractivity contribution in [3.05, 3.63) is 83.6 Å². The summed E-state index contributed by atoms with van der Waals surface area (Å²) in [5, 5.41) is 25.3. The molecule has 4 N–H and O–H groups in total. The van der Waals surface area contributed by atoms with E-state index in [-0.39, 0.29) is 5.50 Å². The Bertz CT molecular complexity index is 1330. The standard InChI is InChI=1S/C24H20FN7OS2/c1-28-19(6-8-26)23-21(5-3-18(31-23)15-7-9-29-22(25)13-15)33-20-4-2-17(12-16(20)14-27)35-32-24-30-10-11-34-24/h2-13,24,26,28,30,32H,1H3/b19-6-,26-8?. The van der Waals surface area contributed by atoms with Gasteiger partial charge in [0.2, 0.25) is 5.95 Å². The molecule has 11 heteroatoms. The molecule has 0 amide bonds. The second-order valence-corrected chi connectivity index (χ2v) is 8.91. The van der Waals surface area contributed by atoms with Crippen LogP contribution in [0.2, 0.25) is 0 Å². The molecular formula is C24H20FN7OS2. The Balaban J connectivity index is 1.65. The van der Waals surface area contributed by atoms with Crippen molar-refractivity contribution in [1.29, 1.82) is 10.7 Å². The third kappa shape index (κ3) is 5.99. The largest absolute Gasteiger partial charge is 0.454 e. The van der Waals surface area contributed by atoms with Gasteiger partial charge in [-0.3, -0.25) is 0 Å². The van der Waals surface area contributed by atoms with Crippen LogP contribution >= 0.6 is 23.7 Å². The lowest BCUT2D eigenvalue weighted by Gasteiger charge is -2.16. The molecule has 0 fully saturated rings. The maximum absolute atomic E-state index is 13.7. The summed E-state index contributed by atoms with van der Waals surface area (Å²) in [4.78, 5) is 9.09. The molecule has 0 bridgehead atoms. The summed E-state index contributed by atoms with van der Waals surface area (Å²) in [6.45, 7) is 0.